The summed E-state index contributed by atoms with van der Waals surface area (Å²) >= 11 is 0. The Balaban J connectivity index is 0.00000541. The topological polar surface area (TPSA) is 115 Å². The van der Waals surface area contributed by atoms with Crippen molar-refractivity contribution in [1.29, 1.82) is 0 Å². The molecule has 9 nitrogen and oxygen atoms in total. The van der Waals surface area contributed by atoms with Crippen LogP contribution in [0.4, 0.5) is 0 Å². The lowest BCUT2D eigenvalue weighted by Gasteiger charge is -2.72. The van der Waals surface area contributed by atoms with E-state index in [1.807, 2.05) is 19.1 Å². The van der Waals surface area contributed by atoms with Crippen molar-refractivity contribution in [3.8, 4) is 0 Å². The number of aliphatic hydroxyl groups excluding tert-OH is 1. The number of halogens is 1. The normalized spacial score (nSPS) is 38.1. The molecule has 2 aliphatic carbocycles. The molecule has 2 heterocycles. The Morgan fingerprint density at radius 1 is 1.14 bits per heavy atom. The highest BCUT2D eigenvalue weighted by molar-refractivity contribution is 6.74. The largest absolute Gasteiger partial charge is 0.453 e. The molecule has 1 aromatic carbocycles. The molecule has 2 saturated heterocycles. The summed E-state index contributed by atoms with van der Waals surface area (Å²) in [6, 6.07) is 7.29. The molecule has 0 radical (unpaired) electrons. The van der Waals surface area contributed by atoms with Gasteiger partial charge in [-0.3, -0.25) is 9.69 Å². The van der Waals surface area contributed by atoms with Gasteiger partial charge >= 0.3 is 5.97 Å². The summed E-state index contributed by atoms with van der Waals surface area (Å²) in [4.78, 5) is 31.0. The number of morpholine rings is 1. The predicted octanol–water partition coefficient (Wildman–Crippen LogP) is 6.10. The Morgan fingerprint density at radius 3 is 2.37 bits per heavy atom. The van der Waals surface area contributed by atoms with Gasteiger partial charge in [0.1, 0.15) is 5.60 Å². The summed E-state index contributed by atoms with van der Waals surface area (Å²) in [5.74, 6) is -1.74. The number of aliphatic hydroxyl groups is 2. The van der Waals surface area contributed by atoms with E-state index in [1.54, 1.807) is 32.1 Å². The van der Waals surface area contributed by atoms with Crippen LogP contribution in [-0.2, 0) is 30.0 Å². The second-order valence-corrected chi connectivity index (χ2v) is 22.4. The molecule has 49 heavy (non-hydrogen) atoms. The molecular weight excluding hydrogens is 662 g/mol. The van der Waals surface area contributed by atoms with Gasteiger partial charge in [0.05, 0.1) is 36.6 Å². The molecule has 0 unspecified atom stereocenters. The van der Waals surface area contributed by atoms with Crippen molar-refractivity contribution in [1.82, 2.24) is 4.90 Å². The molecule has 4 fully saturated rings. The fraction of sp³-hybridized carbons (Fsp3) is 0.737. The highest BCUT2D eigenvalue weighted by Crippen LogP contribution is 2.68. The zero-order valence-corrected chi connectivity index (χ0v) is 33.1. The Labute approximate surface area is 300 Å². The standard InChI is InChI=1S/C38H59NO8Si.ClH/c1-12-35(7)23-27(40)38(43)36(8)28(46-48(10,11)33(2,3)4)16-17-34(5,6)30(36)29(41)31(37(38,9)47-35)45-32(42)26-15-13-14-25(22-26)24-39-18-20-44-21-19-39;/h12-15,22,28-31,41,43H,1,16-21,23-24H2,2-11H3;1H/t28-,29-,30-,31-,35-,36-,37+,38-;/m0./s1. The molecule has 11 heteroatoms. The van der Waals surface area contributed by atoms with E-state index in [4.69, 9.17) is 18.6 Å². The number of carbonyl (C=O) groups is 2. The zero-order chi connectivity index (χ0) is 35.7. The number of hydrogen-bond acceptors (Lipinski definition) is 9. The van der Waals surface area contributed by atoms with Gasteiger partial charge in [-0.2, -0.15) is 0 Å². The Bertz CT molecular complexity index is 1420. The molecule has 0 spiro atoms. The molecule has 8 atom stereocenters. The van der Waals surface area contributed by atoms with E-state index in [9.17, 15) is 19.8 Å². The maximum absolute atomic E-state index is 14.7. The van der Waals surface area contributed by atoms with Gasteiger partial charge in [0, 0.05) is 37.4 Å². The van der Waals surface area contributed by atoms with E-state index < -0.39 is 71.9 Å². The number of ketones is 1. The number of hydrogen-bond donors (Lipinski definition) is 2. The molecule has 2 saturated carbocycles. The average molecular weight is 722 g/mol. The maximum atomic E-state index is 14.7. The number of Topliss-reactive ketones (excluding diaryl/α,β-unsaturated/α-hetero) is 1. The third-order valence-corrected chi connectivity index (χ3v) is 17.3. The second kappa shape index (κ2) is 13.4. The highest BCUT2D eigenvalue weighted by Gasteiger charge is 2.81. The Morgan fingerprint density at radius 2 is 1.78 bits per heavy atom. The fourth-order valence-corrected chi connectivity index (χ4v) is 10.6. The lowest BCUT2D eigenvalue weighted by molar-refractivity contribution is -0.367. The van der Waals surface area contributed by atoms with Gasteiger partial charge in [0.15, 0.2) is 25.8 Å². The van der Waals surface area contributed by atoms with Crippen molar-refractivity contribution < 1.29 is 38.4 Å². The van der Waals surface area contributed by atoms with Crippen LogP contribution in [0, 0.1) is 16.7 Å². The smallest absolute Gasteiger partial charge is 0.338 e. The lowest BCUT2D eigenvalue weighted by Crippen LogP contribution is -2.87. The first-order chi connectivity index (χ1) is 22.1. The van der Waals surface area contributed by atoms with Crippen molar-refractivity contribution in [2.45, 2.75) is 134 Å². The van der Waals surface area contributed by atoms with E-state index in [-0.39, 0.29) is 23.9 Å². The summed E-state index contributed by atoms with van der Waals surface area (Å²) in [6.45, 7) is 27.8. The van der Waals surface area contributed by atoms with Crippen LogP contribution in [-0.4, -0.2) is 96.6 Å². The minimum absolute atomic E-state index is 0. The molecule has 2 N–H and O–H groups in total. The number of carbonyl (C=O) groups excluding carboxylic acids is 2. The quantitative estimate of drug-likeness (QED) is 0.196. The van der Waals surface area contributed by atoms with Gasteiger partial charge in [-0.15, -0.1) is 19.0 Å². The fourth-order valence-electron chi connectivity index (χ4n) is 9.17. The van der Waals surface area contributed by atoms with Gasteiger partial charge in [-0.05, 0) is 67.9 Å². The van der Waals surface area contributed by atoms with E-state index in [2.05, 4.69) is 59.2 Å². The van der Waals surface area contributed by atoms with Crippen LogP contribution in [0.25, 0.3) is 0 Å². The van der Waals surface area contributed by atoms with E-state index in [0.29, 0.717) is 38.2 Å². The van der Waals surface area contributed by atoms with E-state index in [1.165, 1.54) is 0 Å². The number of esters is 1. The van der Waals surface area contributed by atoms with Crippen LogP contribution in [0.2, 0.25) is 18.1 Å². The molecule has 0 aromatic heterocycles. The van der Waals surface area contributed by atoms with Gasteiger partial charge in [-0.1, -0.05) is 59.8 Å². The molecule has 2 aliphatic heterocycles. The minimum atomic E-state index is -2.42. The van der Waals surface area contributed by atoms with Crippen LogP contribution in [0.5, 0.6) is 0 Å². The third-order valence-electron chi connectivity index (χ3n) is 12.8. The van der Waals surface area contributed by atoms with E-state index >= 15 is 0 Å². The van der Waals surface area contributed by atoms with Gasteiger partial charge < -0.3 is 28.8 Å². The minimum Gasteiger partial charge on any atom is -0.453 e. The van der Waals surface area contributed by atoms with Crippen LogP contribution in [0.3, 0.4) is 0 Å². The molecule has 4 aliphatic rings. The highest BCUT2D eigenvalue weighted by atomic mass is 35.5. The van der Waals surface area contributed by atoms with E-state index in [0.717, 1.165) is 18.7 Å². The van der Waals surface area contributed by atoms with Crippen molar-refractivity contribution in [3.05, 3.63) is 48.0 Å². The maximum Gasteiger partial charge on any atom is 0.338 e. The molecule has 276 valence electrons. The molecule has 0 amide bonds. The third kappa shape index (κ3) is 6.51. The monoisotopic (exact) mass is 721 g/mol. The first-order valence-corrected chi connectivity index (χ1v) is 20.5. The average Bonchev–Trinajstić information content (AvgIpc) is 2.99. The predicted molar refractivity (Wildman–Crippen MR) is 194 cm³/mol. The second-order valence-electron chi connectivity index (χ2n) is 17.6. The molecule has 5 rings (SSSR count). The Hall–Kier alpha value is -1.63. The number of ether oxygens (including phenoxy) is 3. The van der Waals surface area contributed by atoms with Crippen LogP contribution in [0.1, 0.15) is 90.6 Å². The molecular formula is C38H60ClNO8Si. The van der Waals surface area contributed by atoms with Gasteiger partial charge in [-0.25, -0.2) is 4.79 Å². The van der Waals surface area contributed by atoms with Crippen molar-refractivity contribution >= 4 is 32.5 Å². The zero-order valence-electron chi connectivity index (χ0n) is 31.3. The SMILES string of the molecule is C=C[C@@]1(C)CC(=O)[C@]2(O)[C@@]3(C)[C@@H](O[Si](C)(C)C(C)(C)C)CCC(C)(C)[C@@H]3[C@H](O)[C@H](OC(=O)c3cccc(CN4CCOCC4)c3)[C@@]2(C)O1.Cl. The van der Waals surface area contributed by atoms with Crippen molar-refractivity contribution in [2.24, 2.45) is 16.7 Å². The summed E-state index contributed by atoms with van der Waals surface area (Å²) in [5.41, 5.74) is -5.71. The van der Waals surface area contributed by atoms with Crippen molar-refractivity contribution in [3.63, 3.8) is 0 Å². The summed E-state index contributed by atoms with van der Waals surface area (Å²) in [5, 5.41) is 25.8. The van der Waals surface area contributed by atoms with Crippen molar-refractivity contribution in [2.75, 3.05) is 26.3 Å². The number of nitrogens with zero attached hydrogens (tertiary/aromatic N) is 1. The summed E-state index contributed by atoms with van der Waals surface area (Å²) in [7, 11) is -2.42. The summed E-state index contributed by atoms with van der Waals surface area (Å²) < 4.78 is 25.7. The molecule has 0 bridgehead atoms. The number of rotatable bonds is 7. The first kappa shape index (κ1) is 40.1. The van der Waals surface area contributed by atoms with Crippen LogP contribution in [0.15, 0.2) is 36.9 Å². The lowest BCUT2D eigenvalue weighted by atomic mass is 9.40. The summed E-state index contributed by atoms with van der Waals surface area (Å²) in [6.07, 6.45) is -0.460. The van der Waals surface area contributed by atoms with Crippen LogP contribution >= 0.6 is 12.4 Å². The van der Waals surface area contributed by atoms with Crippen LogP contribution < -0.4 is 0 Å². The molecule has 1 aromatic rings. The number of benzene rings is 1. The van der Waals surface area contributed by atoms with Gasteiger partial charge in [0.25, 0.3) is 0 Å². The Kier molecular flexibility index (Phi) is 11.0. The van der Waals surface area contributed by atoms with Gasteiger partial charge in [0.2, 0.25) is 0 Å². The number of fused-ring (bicyclic) bond motifs is 3. The first-order valence-electron chi connectivity index (χ1n) is 17.6.